The van der Waals surface area contributed by atoms with Gasteiger partial charge in [-0.3, -0.25) is 24.6 Å². The van der Waals surface area contributed by atoms with Crippen molar-refractivity contribution < 1.29 is 19.2 Å². The maximum absolute atomic E-state index is 14.4. The number of benzene rings is 3. The third-order valence-electron chi connectivity index (χ3n) is 7.94. The molecule has 4 rings (SSSR count). The predicted octanol–water partition coefficient (Wildman–Crippen LogP) is 3.27. The van der Waals surface area contributed by atoms with Crippen molar-refractivity contribution in [1.29, 1.82) is 0 Å². The van der Waals surface area contributed by atoms with E-state index in [2.05, 4.69) is 5.43 Å². The zero-order valence-electron chi connectivity index (χ0n) is 26.0. The van der Waals surface area contributed by atoms with E-state index >= 15 is 0 Å². The predicted molar refractivity (Wildman–Crippen MR) is 172 cm³/mol. The Bertz CT molecular complexity index is 1510. The van der Waals surface area contributed by atoms with Gasteiger partial charge >= 0.3 is 0 Å². The first kappa shape index (κ1) is 32.6. The van der Waals surface area contributed by atoms with Crippen LogP contribution in [0.25, 0.3) is 10.8 Å². The van der Waals surface area contributed by atoms with Crippen molar-refractivity contribution in [1.82, 2.24) is 20.2 Å². The normalized spacial score (nSPS) is 15.2. The standard InChI is InChI=1S/C35H43N5O4/c1-35(2,36)19-10-15-33(43)38(3)30(23-26-16-17-27-13-8-9-14-28(27)21-26)34(44)39(4)29(22-25-11-6-5-7-12-25)31(41)24-40-20-18-32(42)37-40/h5-17,21,29-30H,18-20,22-24,36H2,1-4H3,(H,37,42)/b15-10+/t29-,30-/m1/s1. The molecule has 0 radical (unpaired) electrons. The number of carbonyl (C=O) groups excluding carboxylic acids is 4. The molecule has 3 amide bonds. The summed E-state index contributed by atoms with van der Waals surface area (Å²) in [6.07, 6.45) is 4.57. The zero-order chi connectivity index (χ0) is 31.9. The molecule has 3 N–H and O–H groups in total. The van der Waals surface area contributed by atoms with Gasteiger partial charge < -0.3 is 15.5 Å². The number of Topliss-reactive ketones (excluding diaryl/α,β-unsaturated/α-hetero) is 1. The molecule has 3 aromatic rings. The lowest BCUT2D eigenvalue weighted by atomic mass is 9.97. The minimum absolute atomic E-state index is 0.0252. The van der Waals surface area contributed by atoms with E-state index in [9.17, 15) is 19.2 Å². The topological polar surface area (TPSA) is 116 Å². The van der Waals surface area contributed by atoms with Crippen LogP contribution in [0.15, 0.2) is 84.9 Å². The molecule has 1 heterocycles. The molecule has 0 spiro atoms. The van der Waals surface area contributed by atoms with Crippen LogP contribution in [0.3, 0.4) is 0 Å². The van der Waals surface area contributed by atoms with Crippen LogP contribution >= 0.6 is 0 Å². The summed E-state index contributed by atoms with van der Waals surface area (Å²) in [4.78, 5) is 56.2. The zero-order valence-corrected chi connectivity index (χ0v) is 26.0. The van der Waals surface area contributed by atoms with Gasteiger partial charge in [-0.05, 0) is 48.2 Å². The Morgan fingerprint density at radius 2 is 1.57 bits per heavy atom. The Morgan fingerprint density at radius 3 is 2.23 bits per heavy atom. The molecule has 1 saturated heterocycles. The molecule has 0 unspecified atom stereocenters. The number of amides is 3. The number of rotatable bonds is 13. The lowest BCUT2D eigenvalue weighted by molar-refractivity contribution is -0.146. The van der Waals surface area contributed by atoms with Gasteiger partial charge in [-0.15, -0.1) is 0 Å². The molecule has 0 aliphatic carbocycles. The maximum Gasteiger partial charge on any atom is 0.246 e. The summed E-state index contributed by atoms with van der Waals surface area (Å²) < 4.78 is 0. The average Bonchev–Trinajstić information content (AvgIpc) is 3.41. The quantitative estimate of drug-likeness (QED) is 0.292. The summed E-state index contributed by atoms with van der Waals surface area (Å²) in [5.41, 5.74) is 10.1. The number of fused-ring (bicyclic) bond motifs is 1. The third kappa shape index (κ3) is 8.84. The molecule has 232 valence electrons. The molecule has 0 bridgehead atoms. The Morgan fingerprint density at radius 1 is 0.909 bits per heavy atom. The highest BCUT2D eigenvalue weighted by Gasteiger charge is 2.35. The van der Waals surface area contributed by atoms with E-state index in [1.54, 1.807) is 25.2 Å². The van der Waals surface area contributed by atoms with E-state index in [1.807, 2.05) is 86.6 Å². The van der Waals surface area contributed by atoms with Crippen molar-refractivity contribution in [2.75, 3.05) is 27.2 Å². The highest BCUT2D eigenvalue weighted by atomic mass is 16.2. The van der Waals surface area contributed by atoms with Gasteiger partial charge in [-0.25, -0.2) is 5.01 Å². The van der Waals surface area contributed by atoms with Gasteiger partial charge in [0.05, 0.1) is 12.6 Å². The second kappa shape index (κ2) is 14.4. The van der Waals surface area contributed by atoms with E-state index in [0.29, 0.717) is 25.8 Å². The Hall–Kier alpha value is -4.34. The highest BCUT2D eigenvalue weighted by Crippen LogP contribution is 2.20. The van der Waals surface area contributed by atoms with E-state index in [4.69, 9.17) is 5.73 Å². The smallest absolute Gasteiger partial charge is 0.246 e. The Labute approximate surface area is 259 Å². The maximum atomic E-state index is 14.4. The second-order valence-electron chi connectivity index (χ2n) is 12.3. The molecular weight excluding hydrogens is 554 g/mol. The molecule has 0 aromatic heterocycles. The van der Waals surface area contributed by atoms with Crippen LogP contribution in [0.1, 0.15) is 37.8 Å². The van der Waals surface area contributed by atoms with Crippen molar-refractivity contribution in [3.8, 4) is 0 Å². The number of hydrogen-bond acceptors (Lipinski definition) is 6. The number of nitrogens with zero attached hydrogens (tertiary/aromatic N) is 3. The van der Waals surface area contributed by atoms with Crippen LogP contribution in [0.5, 0.6) is 0 Å². The number of carbonyl (C=O) groups is 4. The summed E-state index contributed by atoms with van der Waals surface area (Å²) >= 11 is 0. The van der Waals surface area contributed by atoms with Crippen molar-refractivity contribution >= 4 is 34.3 Å². The summed E-state index contributed by atoms with van der Waals surface area (Å²) in [6, 6.07) is 21.8. The van der Waals surface area contributed by atoms with Crippen molar-refractivity contribution in [3.05, 3.63) is 96.1 Å². The van der Waals surface area contributed by atoms with Crippen molar-refractivity contribution in [3.63, 3.8) is 0 Å². The molecule has 3 aromatic carbocycles. The monoisotopic (exact) mass is 597 g/mol. The van der Waals surface area contributed by atoms with E-state index in [-0.39, 0.29) is 36.5 Å². The van der Waals surface area contributed by atoms with Crippen LogP contribution in [0.4, 0.5) is 0 Å². The number of ketones is 1. The number of hydrazine groups is 1. The first-order chi connectivity index (χ1) is 20.9. The molecule has 1 aliphatic rings. The SMILES string of the molecule is CN(C(=O)/C=C/CC(C)(C)N)[C@H](Cc1ccc2ccccc2c1)C(=O)N(C)[C@H](Cc1ccccc1)C(=O)CN1CCC(=O)N1. The van der Waals surface area contributed by atoms with Gasteiger partial charge in [-0.2, -0.15) is 0 Å². The first-order valence-corrected chi connectivity index (χ1v) is 15.0. The van der Waals surface area contributed by atoms with E-state index in [1.165, 1.54) is 15.9 Å². The van der Waals surface area contributed by atoms with Crippen molar-refractivity contribution in [2.45, 2.75) is 57.2 Å². The number of hydrogen-bond donors (Lipinski definition) is 2. The van der Waals surface area contributed by atoms with Crippen molar-refractivity contribution in [2.24, 2.45) is 5.73 Å². The number of nitrogens with one attached hydrogen (secondary N) is 1. The molecule has 9 heteroatoms. The lowest BCUT2D eigenvalue weighted by Crippen LogP contribution is -2.55. The fourth-order valence-corrected chi connectivity index (χ4v) is 5.34. The van der Waals surface area contributed by atoms with Gasteiger partial charge in [0.1, 0.15) is 6.04 Å². The third-order valence-corrected chi connectivity index (χ3v) is 7.94. The van der Waals surface area contributed by atoms with Gasteiger partial charge in [0.2, 0.25) is 17.7 Å². The van der Waals surface area contributed by atoms with Gasteiger partial charge in [0.25, 0.3) is 0 Å². The van der Waals surface area contributed by atoms with Crippen LogP contribution in [0, 0.1) is 0 Å². The molecule has 1 aliphatic heterocycles. The molecular formula is C35H43N5O4. The van der Waals surface area contributed by atoms with E-state index in [0.717, 1.165) is 21.9 Å². The summed E-state index contributed by atoms with van der Waals surface area (Å²) in [6.45, 7) is 4.16. The molecule has 0 saturated carbocycles. The summed E-state index contributed by atoms with van der Waals surface area (Å²) in [7, 11) is 3.24. The minimum Gasteiger partial charge on any atom is -0.334 e. The van der Waals surface area contributed by atoms with Gasteiger partial charge in [0, 0.05) is 45.4 Å². The first-order valence-electron chi connectivity index (χ1n) is 15.0. The molecule has 1 fully saturated rings. The molecule has 2 atom stereocenters. The number of nitrogens with two attached hydrogens (primary N) is 1. The highest BCUT2D eigenvalue weighted by molar-refractivity contribution is 5.96. The minimum atomic E-state index is -0.873. The van der Waals surface area contributed by atoms with Crippen LogP contribution in [-0.4, -0.2) is 83.1 Å². The largest absolute Gasteiger partial charge is 0.334 e. The Kier molecular flexibility index (Phi) is 10.7. The average molecular weight is 598 g/mol. The summed E-state index contributed by atoms with van der Waals surface area (Å²) in [5.74, 6) is -1.01. The second-order valence-corrected chi connectivity index (χ2v) is 12.3. The van der Waals surface area contributed by atoms with Crippen LogP contribution < -0.4 is 11.2 Å². The fraction of sp³-hybridized carbons (Fsp3) is 0.371. The molecule has 44 heavy (non-hydrogen) atoms. The number of likely N-dealkylation sites (N-methyl/N-ethyl adjacent to an activating group) is 2. The van der Waals surface area contributed by atoms with Gasteiger partial charge in [0.15, 0.2) is 5.78 Å². The van der Waals surface area contributed by atoms with Crippen LogP contribution in [0.2, 0.25) is 0 Å². The lowest BCUT2D eigenvalue weighted by Gasteiger charge is -2.35. The van der Waals surface area contributed by atoms with Gasteiger partial charge in [-0.1, -0.05) is 78.9 Å². The van der Waals surface area contributed by atoms with Crippen LogP contribution in [-0.2, 0) is 32.0 Å². The summed E-state index contributed by atoms with van der Waals surface area (Å²) in [5, 5.41) is 3.70. The molecule has 9 nitrogen and oxygen atoms in total. The fourth-order valence-electron chi connectivity index (χ4n) is 5.34. The Balaban J connectivity index is 1.64. The van der Waals surface area contributed by atoms with E-state index < -0.39 is 17.6 Å².